The van der Waals surface area contributed by atoms with Crippen molar-refractivity contribution < 1.29 is 28.3 Å². The molecule has 0 aliphatic heterocycles. The van der Waals surface area contributed by atoms with E-state index in [0.29, 0.717) is 12.0 Å². The first-order chi connectivity index (χ1) is 18.4. The Hall–Kier alpha value is -3.87. The van der Waals surface area contributed by atoms with Crippen LogP contribution >= 0.6 is 0 Å². The van der Waals surface area contributed by atoms with Crippen molar-refractivity contribution in [3.63, 3.8) is 0 Å². The summed E-state index contributed by atoms with van der Waals surface area (Å²) in [6, 6.07) is 18.7. The summed E-state index contributed by atoms with van der Waals surface area (Å²) >= 11 is 0. The summed E-state index contributed by atoms with van der Waals surface area (Å²) in [5, 5.41) is 4.92. The molecule has 1 N–H and O–H groups in total. The molecular weight excluding hydrogens is 497 g/mol. The highest BCUT2D eigenvalue weighted by atomic mass is 19.1. The van der Waals surface area contributed by atoms with Gasteiger partial charge in [-0.3, -0.25) is 14.4 Å². The molecule has 3 aromatic rings. The Morgan fingerprint density at radius 2 is 1.56 bits per heavy atom. The maximum atomic E-state index is 13.5. The van der Waals surface area contributed by atoms with E-state index >= 15 is 0 Å². The van der Waals surface area contributed by atoms with Crippen molar-refractivity contribution in [1.82, 2.24) is 5.32 Å². The first kappa shape index (κ1) is 29.7. The molecule has 0 bridgehead atoms. The van der Waals surface area contributed by atoms with Crippen LogP contribution in [0.4, 0.5) is 4.39 Å². The lowest BCUT2D eigenvalue weighted by molar-refractivity contribution is -0.157. The molecule has 0 heterocycles. The fourth-order valence-electron chi connectivity index (χ4n) is 4.52. The van der Waals surface area contributed by atoms with Gasteiger partial charge in [0.15, 0.2) is 5.78 Å². The maximum Gasteiger partial charge on any atom is 0.307 e. The minimum absolute atomic E-state index is 0.152. The summed E-state index contributed by atoms with van der Waals surface area (Å²) < 4.78 is 18.8. The first-order valence-electron chi connectivity index (χ1n) is 13.2. The molecule has 206 valence electrons. The molecule has 0 aliphatic carbocycles. The maximum absolute atomic E-state index is 13.5. The number of aryl methyl sites for hydroxylation is 1. The molecule has 0 spiro atoms. The van der Waals surface area contributed by atoms with Gasteiger partial charge in [0.2, 0.25) is 5.91 Å². The summed E-state index contributed by atoms with van der Waals surface area (Å²) in [5.41, 5.74) is 0.958. The average molecular weight is 534 g/mol. The zero-order valence-electron chi connectivity index (χ0n) is 23.0. The molecule has 2 atom stereocenters. The summed E-state index contributed by atoms with van der Waals surface area (Å²) in [4.78, 5) is 51.1. The molecule has 0 fully saturated rings. The molecule has 6 nitrogen and oxygen atoms in total. The number of hydrogen-bond acceptors (Lipinski definition) is 5. The van der Waals surface area contributed by atoms with Gasteiger partial charge in [0.25, 0.3) is 0 Å². The lowest BCUT2D eigenvalue weighted by atomic mass is 9.93. The van der Waals surface area contributed by atoms with Crippen molar-refractivity contribution in [2.24, 2.45) is 5.92 Å². The topological polar surface area (TPSA) is 89.5 Å². The number of amides is 1. The molecule has 1 amide bonds. The fraction of sp³-hybridized carbons (Fsp3) is 0.375. The minimum Gasteiger partial charge on any atom is -0.460 e. The second-order valence-electron chi connectivity index (χ2n) is 10.9. The Labute approximate surface area is 228 Å². The lowest BCUT2D eigenvalue weighted by Gasteiger charge is -2.24. The van der Waals surface area contributed by atoms with Crippen LogP contribution in [-0.4, -0.2) is 35.1 Å². The smallest absolute Gasteiger partial charge is 0.307 e. The third-order valence-electron chi connectivity index (χ3n) is 6.32. The van der Waals surface area contributed by atoms with Gasteiger partial charge in [0, 0.05) is 12.8 Å². The van der Waals surface area contributed by atoms with Gasteiger partial charge in [0.05, 0.1) is 18.4 Å². The van der Waals surface area contributed by atoms with Crippen molar-refractivity contribution in [2.45, 2.75) is 71.4 Å². The van der Waals surface area contributed by atoms with Crippen LogP contribution in [0.15, 0.2) is 66.7 Å². The van der Waals surface area contributed by atoms with Crippen LogP contribution in [0.2, 0.25) is 0 Å². The van der Waals surface area contributed by atoms with Crippen molar-refractivity contribution in [3.8, 4) is 0 Å². The summed E-state index contributed by atoms with van der Waals surface area (Å²) in [7, 11) is 0. The summed E-state index contributed by atoms with van der Waals surface area (Å²) in [5.74, 6) is -2.99. The lowest BCUT2D eigenvalue weighted by Crippen LogP contribution is -2.46. The van der Waals surface area contributed by atoms with Gasteiger partial charge in [-0.15, -0.1) is 0 Å². The van der Waals surface area contributed by atoms with Gasteiger partial charge >= 0.3 is 5.97 Å². The predicted octanol–water partition coefficient (Wildman–Crippen LogP) is 5.54. The number of rotatable bonds is 12. The normalized spacial score (nSPS) is 12.9. The van der Waals surface area contributed by atoms with Crippen LogP contribution in [0.3, 0.4) is 0 Å². The van der Waals surface area contributed by atoms with Crippen molar-refractivity contribution in [2.75, 3.05) is 0 Å². The highest BCUT2D eigenvalue weighted by molar-refractivity contribution is 5.94. The Bertz CT molecular complexity index is 1320. The monoisotopic (exact) mass is 533 g/mol. The predicted molar refractivity (Wildman–Crippen MR) is 149 cm³/mol. The fourth-order valence-corrected chi connectivity index (χ4v) is 4.52. The Kier molecular flexibility index (Phi) is 10.1. The van der Waals surface area contributed by atoms with E-state index in [2.05, 4.69) is 5.32 Å². The van der Waals surface area contributed by atoms with Gasteiger partial charge in [-0.25, -0.2) is 4.39 Å². The molecule has 0 saturated carbocycles. The number of hydrogen-bond donors (Lipinski definition) is 1. The van der Waals surface area contributed by atoms with Crippen LogP contribution in [0, 0.1) is 11.7 Å². The van der Waals surface area contributed by atoms with E-state index in [1.807, 2.05) is 42.5 Å². The van der Waals surface area contributed by atoms with E-state index in [1.165, 1.54) is 19.1 Å². The standard InChI is InChI=1S/C32H36FNO5/c1-21(35)18-25(20-30(37)39-32(2,3)4)31(38)34-28(19-22-12-15-26(33)16-13-22)29(36)17-14-24-10-7-9-23-8-5-6-11-27(23)24/h5-13,15-16,25,28H,14,17-20H2,1-4H3,(H,34,38)/t25-,28+/m1/s1. The van der Waals surface area contributed by atoms with E-state index in [-0.39, 0.29) is 37.2 Å². The van der Waals surface area contributed by atoms with Gasteiger partial charge in [-0.1, -0.05) is 54.6 Å². The molecule has 3 rings (SSSR count). The van der Waals surface area contributed by atoms with Crippen LogP contribution in [0.25, 0.3) is 10.8 Å². The van der Waals surface area contributed by atoms with Crippen LogP contribution < -0.4 is 5.32 Å². The molecule has 0 radical (unpaired) electrons. The van der Waals surface area contributed by atoms with E-state index in [0.717, 1.165) is 16.3 Å². The largest absolute Gasteiger partial charge is 0.460 e. The summed E-state index contributed by atoms with van der Waals surface area (Å²) in [6.45, 7) is 6.51. The SMILES string of the molecule is CC(=O)C[C@H](CC(=O)OC(C)(C)C)C(=O)N[C@@H](Cc1ccc(F)cc1)C(=O)CCc1cccc2ccccc12. The number of halogens is 1. The molecule has 39 heavy (non-hydrogen) atoms. The summed E-state index contributed by atoms with van der Waals surface area (Å²) in [6.07, 6.45) is 0.364. The Morgan fingerprint density at radius 3 is 2.23 bits per heavy atom. The molecule has 0 aliphatic rings. The van der Waals surface area contributed by atoms with Gasteiger partial charge in [-0.05, 0) is 74.6 Å². The Balaban J connectivity index is 1.79. The number of benzene rings is 3. The zero-order chi connectivity index (χ0) is 28.6. The first-order valence-corrected chi connectivity index (χ1v) is 13.2. The Morgan fingerprint density at radius 1 is 0.897 bits per heavy atom. The number of nitrogens with one attached hydrogen (secondary N) is 1. The van der Waals surface area contributed by atoms with E-state index in [4.69, 9.17) is 4.74 Å². The molecule has 0 unspecified atom stereocenters. The highest BCUT2D eigenvalue weighted by Gasteiger charge is 2.30. The third kappa shape index (κ3) is 9.43. The number of Topliss-reactive ketones (excluding diaryl/α,β-unsaturated/α-hetero) is 2. The number of ketones is 2. The van der Waals surface area contributed by atoms with E-state index in [1.54, 1.807) is 32.9 Å². The van der Waals surface area contributed by atoms with Crippen molar-refractivity contribution in [1.29, 1.82) is 0 Å². The number of carbonyl (C=O) groups excluding carboxylic acids is 4. The van der Waals surface area contributed by atoms with Crippen LogP contribution in [-0.2, 0) is 36.8 Å². The van der Waals surface area contributed by atoms with E-state index in [9.17, 15) is 23.6 Å². The number of carbonyl (C=O) groups is 4. The van der Waals surface area contributed by atoms with Gasteiger partial charge in [0.1, 0.15) is 17.2 Å². The van der Waals surface area contributed by atoms with Gasteiger partial charge < -0.3 is 14.8 Å². The molecule has 3 aromatic carbocycles. The van der Waals surface area contributed by atoms with Crippen molar-refractivity contribution >= 4 is 34.2 Å². The average Bonchev–Trinajstić information content (AvgIpc) is 2.86. The molecule has 0 aromatic heterocycles. The quantitative estimate of drug-likeness (QED) is 0.309. The number of esters is 1. The molecule has 0 saturated heterocycles. The van der Waals surface area contributed by atoms with E-state index < -0.39 is 35.3 Å². The minimum atomic E-state index is -0.973. The molecular formula is C32H36FNO5. The third-order valence-corrected chi connectivity index (χ3v) is 6.32. The number of ether oxygens (including phenoxy) is 1. The molecule has 7 heteroatoms. The van der Waals surface area contributed by atoms with Gasteiger partial charge in [-0.2, -0.15) is 0 Å². The van der Waals surface area contributed by atoms with Crippen molar-refractivity contribution in [3.05, 3.63) is 83.7 Å². The van der Waals surface area contributed by atoms with Crippen LogP contribution in [0.5, 0.6) is 0 Å². The second-order valence-corrected chi connectivity index (χ2v) is 10.9. The van der Waals surface area contributed by atoms with Crippen LogP contribution in [0.1, 0.15) is 58.1 Å². The second kappa shape index (κ2) is 13.3. The number of fused-ring (bicyclic) bond motifs is 1. The zero-order valence-corrected chi connectivity index (χ0v) is 23.0. The highest BCUT2D eigenvalue weighted by Crippen LogP contribution is 2.21.